The fourth-order valence-corrected chi connectivity index (χ4v) is 2.17. The highest BCUT2D eigenvalue weighted by molar-refractivity contribution is 5.96. The van der Waals surface area contributed by atoms with Gasteiger partial charge in [-0.15, -0.1) is 0 Å². The second kappa shape index (κ2) is 4.18. The minimum atomic E-state index is -0.151. The van der Waals surface area contributed by atoms with Gasteiger partial charge in [-0.3, -0.25) is 4.79 Å². The lowest BCUT2D eigenvalue weighted by Crippen LogP contribution is -2.38. The van der Waals surface area contributed by atoms with Gasteiger partial charge in [-0.05, 0) is 12.1 Å². The number of para-hydroxylation sites is 1. The van der Waals surface area contributed by atoms with Crippen molar-refractivity contribution >= 4 is 5.91 Å². The van der Waals surface area contributed by atoms with Crippen molar-refractivity contribution in [2.75, 3.05) is 6.54 Å². The summed E-state index contributed by atoms with van der Waals surface area (Å²) in [6.07, 6.45) is 3.65. The van der Waals surface area contributed by atoms with E-state index < -0.39 is 0 Å². The molecule has 0 unspecified atom stereocenters. The van der Waals surface area contributed by atoms with Gasteiger partial charge in [-0.25, -0.2) is 4.98 Å². The lowest BCUT2D eigenvalue weighted by Gasteiger charge is -2.27. The Hall–Kier alpha value is -2.30. The summed E-state index contributed by atoms with van der Waals surface area (Å²) in [6.45, 7) is 1.87. The van der Waals surface area contributed by atoms with Crippen LogP contribution < -0.4 is 0 Å². The summed E-state index contributed by atoms with van der Waals surface area (Å²) in [4.78, 5) is 18.2. The van der Waals surface area contributed by atoms with Gasteiger partial charge in [0.2, 0.25) is 0 Å². The molecule has 3 rings (SSSR count). The Kier molecular flexibility index (Phi) is 2.51. The first-order chi connectivity index (χ1) is 8.75. The summed E-state index contributed by atoms with van der Waals surface area (Å²) in [6, 6.07) is 6.61. The third-order valence-electron chi connectivity index (χ3n) is 3.17. The zero-order chi connectivity index (χ0) is 12.5. The fourth-order valence-electron chi connectivity index (χ4n) is 2.17. The van der Waals surface area contributed by atoms with Crippen molar-refractivity contribution in [3.63, 3.8) is 0 Å². The van der Waals surface area contributed by atoms with Crippen molar-refractivity contribution in [2.24, 2.45) is 0 Å². The summed E-state index contributed by atoms with van der Waals surface area (Å²) < 4.78 is 2.04. The molecule has 5 nitrogen and oxygen atoms in total. The predicted molar refractivity (Wildman–Crippen MR) is 65.1 cm³/mol. The van der Waals surface area contributed by atoms with Gasteiger partial charge in [-0.1, -0.05) is 12.1 Å². The Morgan fingerprint density at radius 1 is 1.28 bits per heavy atom. The Morgan fingerprint density at radius 2 is 2.11 bits per heavy atom. The smallest absolute Gasteiger partial charge is 0.258 e. The standard InChI is InChI=1S/C13H13N3O2/c17-11-4-2-1-3-10(11)13(18)16-8-7-15-6-5-14-12(15)9-16/h1-6,17H,7-9H2. The maximum absolute atomic E-state index is 12.3. The van der Waals surface area contributed by atoms with Crippen molar-refractivity contribution in [1.82, 2.24) is 14.5 Å². The van der Waals surface area contributed by atoms with E-state index in [-0.39, 0.29) is 11.7 Å². The molecule has 0 atom stereocenters. The molecule has 0 aliphatic carbocycles. The Balaban J connectivity index is 1.85. The highest BCUT2D eigenvalue weighted by atomic mass is 16.3. The first-order valence-electron chi connectivity index (χ1n) is 5.83. The van der Waals surface area contributed by atoms with Gasteiger partial charge in [0.1, 0.15) is 11.6 Å². The van der Waals surface area contributed by atoms with E-state index in [2.05, 4.69) is 4.98 Å². The topological polar surface area (TPSA) is 58.4 Å². The molecule has 0 saturated heterocycles. The fraction of sp³-hybridized carbons (Fsp3) is 0.231. The number of benzene rings is 1. The van der Waals surface area contributed by atoms with Gasteiger partial charge in [0, 0.05) is 25.5 Å². The first-order valence-corrected chi connectivity index (χ1v) is 5.83. The molecule has 0 spiro atoms. The zero-order valence-corrected chi connectivity index (χ0v) is 9.78. The van der Waals surface area contributed by atoms with Crippen LogP contribution >= 0.6 is 0 Å². The van der Waals surface area contributed by atoms with Crippen LogP contribution in [0.5, 0.6) is 5.75 Å². The van der Waals surface area contributed by atoms with E-state index in [0.717, 1.165) is 12.4 Å². The molecule has 0 radical (unpaired) electrons. The van der Waals surface area contributed by atoms with Gasteiger partial charge in [-0.2, -0.15) is 0 Å². The lowest BCUT2D eigenvalue weighted by molar-refractivity contribution is 0.0704. The summed E-state index contributed by atoms with van der Waals surface area (Å²) in [5.41, 5.74) is 0.345. The second-order valence-corrected chi connectivity index (χ2v) is 4.28. The van der Waals surface area contributed by atoms with E-state index in [1.54, 1.807) is 29.3 Å². The molecule has 1 aromatic heterocycles. The van der Waals surface area contributed by atoms with Crippen LogP contribution in [0.1, 0.15) is 16.2 Å². The van der Waals surface area contributed by atoms with E-state index in [9.17, 15) is 9.90 Å². The molecule has 1 amide bonds. The minimum Gasteiger partial charge on any atom is -0.507 e. The van der Waals surface area contributed by atoms with Crippen LogP contribution in [0.25, 0.3) is 0 Å². The number of phenols is 1. The number of carbonyl (C=O) groups is 1. The third kappa shape index (κ3) is 1.73. The number of rotatable bonds is 1. The van der Waals surface area contributed by atoms with Gasteiger partial charge < -0.3 is 14.6 Å². The average molecular weight is 243 g/mol. The molecule has 0 bridgehead atoms. The molecule has 5 heteroatoms. The molecule has 0 saturated carbocycles. The van der Waals surface area contributed by atoms with E-state index in [4.69, 9.17) is 0 Å². The normalized spacial score (nSPS) is 14.3. The molecule has 1 N–H and O–H groups in total. The van der Waals surface area contributed by atoms with Crippen molar-refractivity contribution in [3.05, 3.63) is 48.0 Å². The van der Waals surface area contributed by atoms with Crippen LogP contribution in [0, 0.1) is 0 Å². The van der Waals surface area contributed by atoms with Crippen LogP contribution in [-0.4, -0.2) is 32.0 Å². The molecule has 2 heterocycles. The van der Waals surface area contributed by atoms with Crippen molar-refractivity contribution in [3.8, 4) is 5.75 Å². The zero-order valence-electron chi connectivity index (χ0n) is 9.78. The van der Waals surface area contributed by atoms with Crippen LogP contribution in [0.15, 0.2) is 36.7 Å². The largest absolute Gasteiger partial charge is 0.507 e. The Labute approximate surface area is 104 Å². The number of hydrogen-bond donors (Lipinski definition) is 1. The third-order valence-corrected chi connectivity index (χ3v) is 3.17. The van der Waals surface area contributed by atoms with E-state index in [0.29, 0.717) is 18.7 Å². The van der Waals surface area contributed by atoms with Gasteiger partial charge >= 0.3 is 0 Å². The Bertz CT molecular complexity index is 591. The average Bonchev–Trinajstić information content (AvgIpc) is 2.85. The quantitative estimate of drug-likeness (QED) is 0.820. The predicted octanol–water partition coefficient (Wildman–Crippen LogP) is 1.24. The maximum Gasteiger partial charge on any atom is 0.258 e. The number of imidazole rings is 1. The lowest BCUT2D eigenvalue weighted by atomic mass is 10.1. The number of hydrogen-bond acceptors (Lipinski definition) is 3. The maximum atomic E-state index is 12.3. The number of carbonyl (C=O) groups excluding carboxylic acids is 1. The monoisotopic (exact) mass is 243 g/mol. The van der Waals surface area contributed by atoms with E-state index >= 15 is 0 Å². The summed E-state index contributed by atoms with van der Waals surface area (Å²) in [7, 11) is 0. The van der Waals surface area contributed by atoms with Crippen LogP contribution in [0.3, 0.4) is 0 Å². The van der Waals surface area contributed by atoms with Gasteiger partial charge in [0.25, 0.3) is 5.91 Å². The number of phenolic OH excluding ortho intramolecular Hbond substituents is 1. The molecular formula is C13H13N3O2. The molecule has 18 heavy (non-hydrogen) atoms. The summed E-state index contributed by atoms with van der Waals surface area (Å²) in [5, 5.41) is 9.70. The first kappa shape index (κ1) is 10.8. The summed E-state index contributed by atoms with van der Waals surface area (Å²) in [5.74, 6) is 0.754. The molecule has 0 fully saturated rings. The number of aromatic nitrogens is 2. The molecule has 92 valence electrons. The van der Waals surface area contributed by atoms with Crippen molar-refractivity contribution in [1.29, 1.82) is 0 Å². The van der Waals surface area contributed by atoms with Gasteiger partial charge in [0.05, 0.1) is 12.1 Å². The highest BCUT2D eigenvalue weighted by Gasteiger charge is 2.23. The minimum absolute atomic E-state index is 0.0245. The number of nitrogens with zero attached hydrogens (tertiary/aromatic N) is 3. The molecular weight excluding hydrogens is 230 g/mol. The second-order valence-electron chi connectivity index (χ2n) is 4.28. The van der Waals surface area contributed by atoms with Crippen molar-refractivity contribution < 1.29 is 9.90 Å². The molecule has 1 aliphatic rings. The van der Waals surface area contributed by atoms with Crippen LogP contribution in [0.4, 0.5) is 0 Å². The number of aromatic hydroxyl groups is 1. The molecule has 1 aliphatic heterocycles. The van der Waals surface area contributed by atoms with Crippen LogP contribution in [0.2, 0.25) is 0 Å². The van der Waals surface area contributed by atoms with Crippen molar-refractivity contribution in [2.45, 2.75) is 13.1 Å². The Morgan fingerprint density at radius 3 is 2.94 bits per heavy atom. The van der Waals surface area contributed by atoms with Crippen LogP contribution in [-0.2, 0) is 13.1 Å². The summed E-state index contributed by atoms with van der Waals surface area (Å²) >= 11 is 0. The highest BCUT2D eigenvalue weighted by Crippen LogP contribution is 2.20. The molecule has 1 aromatic carbocycles. The SMILES string of the molecule is O=C(c1ccccc1O)N1CCn2ccnc2C1. The van der Waals surface area contributed by atoms with Gasteiger partial charge in [0.15, 0.2) is 0 Å². The molecule has 2 aromatic rings. The number of amides is 1. The number of fused-ring (bicyclic) bond motifs is 1. The van der Waals surface area contributed by atoms with E-state index in [1.165, 1.54) is 6.07 Å². The van der Waals surface area contributed by atoms with E-state index in [1.807, 2.05) is 10.8 Å².